The Morgan fingerprint density at radius 3 is 2.67 bits per heavy atom. The Labute approximate surface area is 111 Å². The number of nitrogens with two attached hydrogens (primary N) is 1. The predicted molar refractivity (Wildman–Crippen MR) is 73.7 cm³/mol. The number of amides is 2. The molecule has 5 nitrogen and oxygen atoms in total. The van der Waals surface area contributed by atoms with Gasteiger partial charge in [0.2, 0.25) is 5.91 Å². The van der Waals surface area contributed by atoms with Crippen LogP contribution in [0.5, 0.6) is 0 Å². The molecule has 1 aromatic carbocycles. The highest BCUT2D eigenvalue weighted by Crippen LogP contribution is 2.25. The van der Waals surface area contributed by atoms with Gasteiger partial charge in [0.05, 0.1) is 5.75 Å². The molecule has 0 heterocycles. The lowest BCUT2D eigenvalue weighted by atomic mass is 10.2. The fourth-order valence-corrected chi connectivity index (χ4v) is 2.12. The van der Waals surface area contributed by atoms with Gasteiger partial charge in [-0.3, -0.25) is 9.59 Å². The summed E-state index contributed by atoms with van der Waals surface area (Å²) in [7, 11) is 1.59. The van der Waals surface area contributed by atoms with Gasteiger partial charge in [-0.15, -0.1) is 11.8 Å². The number of rotatable bonds is 5. The highest BCUT2D eigenvalue weighted by molar-refractivity contribution is 8.00. The average Bonchev–Trinajstić information content (AvgIpc) is 2.37. The second-order valence-electron chi connectivity index (χ2n) is 3.57. The molecular weight excluding hydrogens is 250 g/mol. The number of nitrogen functional groups attached to an aromatic ring is 1. The van der Waals surface area contributed by atoms with E-state index in [1.54, 1.807) is 25.2 Å². The number of anilines is 1. The van der Waals surface area contributed by atoms with Crippen molar-refractivity contribution in [2.45, 2.75) is 11.8 Å². The molecule has 0 saturated carbocycles. The molecule has 0 radical (unpaired) electrons. The van der Waals surface area contributed by atoms with E-state index in [0.717, 1.165) is 4.90 Å². The summed E-state index contributed by atoms with van der Waals surface area (Å²) in [4.78, 5) is 23.5. The van der Waals surface area contributed by atoms with Crippen molar-refractivity contribution in [3.05, 3.63) is 23.8 Å². The smallest absolute Gasteiger partial charge is 0.251 e. The maximum atomic E-state index is 11.6. The fourth-order valence-electron chi connectivity index (χ4n) is 1.30. The van der Waals surface area contributed by atoms with Gasteiger partial charge in [0.15, 0.2) is 0 Å². The molecule has 0 bridgehead atoms. The SMILES string of the molecule is CCNC(=O)c1ccc(SCC(=O)NC)c(N)c1. The van der Waals surface area contributed by atoms with Crippen molar-refractivity contribution in [3.63, 3.8) is 0 Å². The summed E-state index contributed by atoms with van der Waals surface area (Å²) in [6.07, 6.45) is 0. The van der Waals surface area contributed by atoms with Crippen LogP contribution in [-0.2, 0) is 4.79 Å². The van der Waals surface area contributed by atoms with Crippen molar-refractivity contribution in [1.82, 2.24) is 10.6 Å². The molecule has 2 amide bonds. The number of hydrogen-bond acceptors (Lipinski definition) is 4. The second-order valence-corrected chi connectivity index (χ2v) is 4.59. The molecule has 0 fully saturated rings. The van der Waals surface area contributed by atoms with Crippen LogP contribution < -0.4 is 16.4 Å². The van der Waals surface area contributed by atoms with Crippen LogP contribution in [0.25, 0.3) is 0 Å². The molecule has 0 spiro atoms. The first-order valence-electron chi connectivity index (χ1n) is 5.59. The first-order valence-corrected chi connectivity index (χ1v) is 6.58. The molecule has 0 aliphatic heterocycles. The van der Waals surface area contributed by atoms with Crippen LogP contribution in [0.4, 0.5) is 5.69 Å². The molecule has 0 saturated heterocycles. The molecule has 98 valence electrons. The highest BCUT2D eigenvalue weighted by atomic mass is 32.2. The molecule has 0 unspecified atom stereocenters. The maximum Gasteiger partial charge on any atom is 0.251 e. The molecule has 1 aromatic rings. The van der Waals surface area contributed by atoms with Crippen molar-refractivity contribution >= 4 is 29.3 Å². The Morgan fingerprint density at radius 2 is 2.11 bits per heavy atom. The van der Waals surface area contributed by atoms with Crippen molar-refractivity contribution in [2.24, 2.45) is 0 Å². The largest absolute Gasteiger partial charge is 0.398 e. The van der Waals surface area contributed by atoms with E-state index in [4.69, 9.17) is 5.73 Å². The van der Waals surface area contributed by atoms with E-state index in [0.29, 0.717) is 23.5 Å². The number of nitrogens with one attached hydrogen (secondary N) is 2. The van der Waals surface area contributed by atoms with Crippen LogP contribution in [0, 0.1) is 0 Å². The fraction of sp³-hybridized carbons (Fsp3) is 0.333. The van der Waals surface area contributed by atoms with E-state index >= 15 is 0 Å². The van der Waals surface area contributed by atoms with Crippen LogP contribution in [0.15, 0.2) is 23.1 Å². The van der Waals surface area contributed by atoms with Crippen LogP contribution in [0.2, 0.25) is 0 Å². The number of carbonyl (C=O) groups is 2. The van der Waals surface area contributed by atoms with Gasteiger partial charge in [-0.25, -0.2) is 0 Å². The van der Waals surface area contributed by atoms with Crippen LogP contribution >= 0.6 is 11.8 Å². The van der Waals surface area contributed by atoms with E-state index in [9.17, 15) is 9.59 Å². The Morgan fingerprint density at radius 1 is 1.39 bits per heavy atom. The molecule has 0 aliphatic carbocycles. The van der Waals surface area contributed by atoms with Crippen LogP contribution in [-0.4, -0.2) is 31.2 Å². The van der Waals surface area contributed by atoms with Gasteiger partial charge in [0.1, 0.15) is 0 Å². The van der Waals surface area contributed by atoms with Gasteiger partial charge in [-0.2, -0.15) is 0 Å². The standard InChI is InChI=1S/C12H17N3O2S/c1-3-15-12(17)8-4-5-10(9(13)6-8)18-7-11(16)14-2/h4-6H,3,7,13H2,1-2H3,(H,14,16)(H,15,17). The highest BCUT2D eigenvalue weighted by Gasteiger charge is 2.08. The van der Waals surface area contributed by atoms with E-state index in [2.05, 4.69) is 10.6 Å². The summed E-state index contributed by atoms with van der Waals surface area (Å²) in [5.74, 6) is 0.0977. The zero-order valence-electron chi connectivity index (χ0n) is 10.4. The van der Waals surface area contributed by atoms with E-state index < -0.39 is 0 Å². The Kier molecular flexibility index (Phi) is 5.51. The Bertz CT molecular complexity index is 449. The van der Waals surface area contributed by atoms with Gasteiger partial charge in [-0.05, 0) is 25.1 Å². The summed E-state index contributed by atoms with van der Waals surface area (Å²) in [5.41, 5.74) is 6.88. The third kappa shape index (κ3) is 3.96. The molecule has 1 rings (SSSR count). The zero-order chi connectivity index (χ0) is 13.5. The first-order chi connectivity index (χ1) is 8.58. The molecule has 0 aromatic heterocycles. The number of carbonyl (C=O) groups excluding carboxylic acids is 2. The molecular formula is C12H17N3O2S. The Balaban J connectivity index is 2.73. The van der Waals surface area contributed by atoms with Gasteiger partial charge in [0.25, 0.3) is 5.91 Å². The molecule has 18 heavy (non-hydrogen) atoms. The predicted octanol–water partition coefficient (Wildman–Crippen LogP) is 0.857. The lowest BCUT2D eigenvalue weighted by molar-refractivity contribution is -0.118. The monoisotopic (exact) mass is 267 g/mol. The average molecular weight is 267 g/mol. The third-order valence-electron chi connectivity index (χ3n) is 2.25. The lowest BCUT2D eigenvalue weighted by Gasteiger charge is -2.07. The first kappa shape index (κ1) is 14.4. The lowest BCUT2D eigenvalue weighted by Crippen LogP contribution is -2.22. The summed E-state index contributed by atoms with van der Waals surface area (Å²) in [5, 5.41) is 5.24. The van der Waals surface area contributed by atoms with Crippen molar-refractivity contribution < 1.29 is 9.59 Å². The number of thioether (sulfide) groups is 1. The van der Waals surface area contributed by atoms with Crippen LogP contribution in [0.3, 0.4) is 0 Å². The third-order valence-corrected chi connectivity index (χ3v) is 3.34. The topological polar surface area (TPSA) is 84.2 Å². The summed E-state index contributed by atoms with van der Waals surface area (Å²) >= 11 is 1.34. The molecule has 6 heteroatoms. The van der Waals surface area contributed by atoms with Gasteiger partial charge in [0, 0.05) is 29.7 Å². The van der Waals surface area contributed by atoms with E-state index in [-0.39, 0.29) is 11.8 Å². The minimum Gasteiger partial charge on any atom is -0.398 e. The normalized spacial score (nSPS) is 9.89. The summed E-state index contributed by atoms with van der Waals surface area (Å²) in [6.45, 7) is 2.43. The van der Waals surface area contributed by atoms with Gasteiger partial charge in [-0.1, -0.05) is 0 Å². The summed E-state index contributed by atoms with van der Waals surface area (Å²) in [6, 6.07) is 5.08. The number of hydrogen-bond donors (Lipinski definition) is 3. The van der Waals surface area contributed by atoms with Crippen LogP contribution in [0.1, 0.15) is 17.3 Å². The van der Waals surface area contributed by atoms with Crippen molar-refractivity contribution in [3.8, 4) is 0 Å². The second kappa shape index (κ2) is 6.90. The minimum atomic E-state index is -0.146. The van der Waals surface area contributed by atoms with Crippen molar-refractivity contribution in [1.29, 1.82) is 0 Å². The quantitative estimate of drug-likeness (QED) is 0.545. The van der Waals surface area contributed by atoms with Crippen molar-refractivity contribution in [2.75, 3.05) is 25.1 Å². The van der Waals surface area contributed by atoms with E-state index in [1.165, 1.54) is 11.8 Å². The molecule has 0 aliphatic rings. The van der Waals surface area contributed by atoms with Gasteiger partial charge >= 0.3 is 0 Å². The van der Waals surface area contributed by atoms with E-state index in [1.807, 2.05) is 6.92 Å². The molecule has 4 N–H and O–H groups in total. The molecule has 0 atom stereocenters. The maximum absolute atomic E-state index is 11.6. The minimum absolute atomic E-state index is 0.0628. The summed E-state index contributed by atoms with van der Waals surface area (Å²) < 4.78 is 0. The zero-order valence-corrected chi connectivity index (χ0v) is 11.3. The Hall–Kier alpha value is -1.69. The van der Waals surface area contributed by atoms with Gasteiger partial charge < -0.3 is 16.4 Å². The number of benzene rings is 1.